The van der Waals surface area contributed by atoms with Gasteiger partial charge in [0.05, 0.1) is 13.2 Å². The van der Waals surface area contributed by atoms with Crippen molar-refractivity contribution in [2.45, 2.75) is 0 Å². The minimum absolute atomic E-state index is 0.0267. The molecule has 0 spiro atoms. The van der Waals surface area contributed by atoms with Crippen molar-refractivity contribution in [2.24, 2.45) is 0 Å². The highest BCUT2D eigenvalue weighted by Gasteiger charge is 2.07. The second-order valence-electron chi connectivity index (χ2n) is 5.39. The highest BCUT2D eigenvalue weighted by Crippen LogP contribution is 2.22. The van der Waals surface area contributed by atoms with Crippen molar-refractivity contribution < 1.29 is 14.3 Å². The molecule has 0 aliphatic carbocycles. The van der Waals surface area contributed by atoms with Gasteiger partial charge in [0.2, 0.25) is 5.91 Å². The molecule has 0 aromatic heterocycles. The predicted molar refractivity (Wildman–Crippen MR) is 104 cm³/mol. The van der Waals surface area contributed by atoms with Crippen LogP contribution in [0.25, 0.3) is 0 Å². The highest BCUT2D eigenvalue weighted by molar-refractivity contribution is 6.35. The van der Waals surface area contributed by atoms with Gasteiger partial charge in [0.15, 0.2) is 0 Å². The van der Waals surface area contributed by atoms with Crippen molar-refractivity contribution in [1.82, 2.24) is 5.32 Å². The van der Waals surface area contributed by atoms with E-state index >= 15 is 0 Å². The third-order valence-corrected chi connectivity index (χ3v) is 3.75. The van der Waals surface area contributed by atoms with E-state index in [1.807, 2.05) is 0 Å². The summed E-state index contributed by atoms with van der Waals surface area (Å²) in [4.78, 5) is 24.1. The van der Waals surface area contributed by atoms with Crippen LogP contribution in [0.4, 0.5) is 11.4 Å². The second kappa shape index (κ2) is 10.0. The van der Waals surface area contributed by atoms with Gasteiger partial charge in [-0.05, 0) is 36.4 Å². The number of halogens is 2. The topological polar surface area (TPSA) is 79.5 Å². The monoisotopic (exact) mass is 395 g/mol. The molecule has 3 N–H and O–H groups in total. The Morgan fingerprint density at radius 1 is 1.04 bits per heavy atom. The first-order chi connectivity index (χ1) is 12.5. The van der Waals surface area contributed by atoms with Crippen LogP contribution in [-0.2, 0) is 9.53 Å². The average Bonchev–Trinajstić information content (AvgIpc) is 2.59. The summed E-state index contributed by atoms with van der Waals surface area (Å²) in [5.74, 6) is -0.470. The van der Waals surface area contributed by atoms with E-state index in [0.717, 1.165) is 0 Å². The van der Waals surface area contributed by atoms with Crippen LogP contribution in [0.1, 0.15) is 10.4 Å². The molecule has 0 unspecified atom stereocenters. The van der Waals surface area contributed by atoms with Crippen LogP contribution in [0.15, 0.2) is 42.5 Å². The van der Waals surface area contributed by atoms with Crippen LogP contribution in [-0.4, -0.2) is 38.6 Å². The van der Waals surface area contributed by atoms with E-state index in [4.69, 9.17) is 27.9 Å². The molecule has 2 rings (SSSR count). The van der Waals surface area contributed by atoms with E-state index < -0.39 is 0 Å². The number of methoxy groups -OCH3 is 1. The molecule has 0 saturated carbocycles. The Bertz CT molecular complexity index is 764. The van der Waals surface area contributed by atoms with Gasteiger partial charge in [-0.15, -0.1) is 0 Å². The Labute approximate surface area is 161 Å². The summed E-state index contributed by atoms with van der Waals surface area (Å²) < 4.78 is 4.89. The summed E-state index contributed by atoms with van der Waals surface area (Å²) in [6.07, 6.45) is 0. The normalized spacial score (nSPS) is 10.3. The highest BCUT2D eigenvalue weighted by atomic mass is 35.5. The minimum atomic E-state index is -0.265. The number of amides is 2. The lowest BCUT2D eigenvalue weighted by Gasteiger charge is -2.10. The molecule has 0 radical (unpaired) electrons. The largest absolute Gasteiger partial charge is 0.383 e. The van der Waals surface area contributed by atoms with Crippen molar-refractivity contribution in [1.29, 1.82) is 0 Å². The Kier molecular flexibility index (Phi) is 7.72. The predicted octanol–water partition coefficient (Wildman–Crippen LogP) is 3.42. The Morgan fingerprint density at radius 2 is 1.77 bits per heavy atom. The van der Waals surface area contributed by atoms with E-state index in [2.05, 4.69) is 16.0 Å². The average molecular weight is 396 g/mol. The van der Waals surface area contributed by atoms with E-state index in [9.17, 15) is 9.59 Å². The molecular formula is C18H19Cl2N3O3. The van der Waals surface area contributed by atoms with Gasteiger partial charge in [0.1, 0.15) is 0 Å². The number of rotatable bonds is 8. The van der Waals surface area contributed by atoms with Gasteiger partial charge >= 0.3 is 0 Å². The lowest BCUT2D eigenvalue weighted by Crippen LogP contribution is -2.27. The van der Waals surface area contributed by atoms with Crippen molar-refractivity contribution in [3.8, 4) is 0 Å². The fourth-order valence-corrected chi connectivity index (χ4v) is 2.68. The van der Waals surface area contributed by atoms with Crippen LogP contribution in [0.5, 0.6) is 0 Å². The zero-order valence-electron chi connectivity index (χ0n) is 14.1. The summed E-state index contributed by atoms with van der Waals surface area (Å²) in [6, 6.07) is 11.7. The Morgan fingerprint density at radius 3 is 2.46 bits per heavy atom. The van der Waals surface area contributed by atoms with Crippen LogP contribution >= 0.6 is 23.2 Å². The molecule has 2 amide bonds. The molecule has 0 aliphatic rings. The number of ether oxygens (including phenoxy) is 1. The fourth-order valence-electron chi connectivity index (χ4n) is 2.15. The maximum absolute atomic E-state index is 12.0. The SMILES string of the molecule is COCCNC(=O)c1cccc(NCC(=O)Nc2cc(Cl)cc(Cl)c2)c1. The van der Waals surface area contributed by atoms with Gasteiger partial charge in [0.25, 0.3) is 5.91 Å². The molecule has 0 aliphatic heterocycles. The van der Waals surface area contributed by atoms with Crippen molar-refractivity contribution >= 4 is 46.4 Å². The molecule has 0 atom stereocenters. The van der Waals surface area contributed by atoms with Gasteiger partial charge in [0, 0.05) is 40.6 Å². The standard InChI is InChI=1S/C18H19Cl2N3O3/c1-26-6-5-21-18(25)12-3-2-4-15(7-12)22-11-17(24)23-16-9-13(19)8-14(20)10-16/h2-4,7-10,22H,5-6,11H2,1H3,(H,21,25)(H,23,24). The molecule has 2 aromatic carbocycles. The van der Waals surface area contributed by atoms with Crippen LogP contribution in [0.3, 0.4) is 0 Å². The zero-order chi connectivity index (χ0) is 18.9. The smallest absolute Gasteiger partial charge is 0.251 e. The third kappa shape index (κ3) is 6.55. The van der Waals surface area contributed by atoms with Crippen LogP contribution in [0, 0.1) is 0 Å². The number of carbonyl (C=O) groups is 2. The number of anilines is 2. The van der Waals surface area contributed by atoms with Gasteiger partial charge in [-0.25, -0.2) is 0 Å². The first-order valence-corrected chi connectivity index (χ1v) is 8.60. The molecular weight excluding hydrogens is 377 g/mol. The van der Waals surface area contributed by atoms with E-state index in [1.54, 1.807) is 49.6 Å². The van der Waals surface area contributed by atoms with Gasteiger partial charge in [-0.2, -0.15) is 0 Å². The second-order valence-corrected chi connectivity index (χ2v) is 6.26. The Hall–Kier alpha value is -2.28. The maximum atomic E-state index is 12.0. The molecule has 8 heteroatoms. The van der Waals surface area contributed by atoms with E-state index in [0.29, 0.717) is 40.1 Å². The summed E-state index contributed by atoms with van der Waals surface area (Å²) in [7, 11) is 1.57. The first-order valence-electron chi connectivity index (χ1n) is 7.85. The molecule has 138 valence electrons. The summed E-state index contributed by atoms with van der Waals surface area (Å²) >= 11 is 11.8. The van der Waals surface area contributed by atoms with Crippen molar-refractivity contribution in [2.75, 3.05) is 37.4 Å². The number of hydrogen-bond acceptors (Lipinski definition) is 4. The number of carbonyl (C=O) groups excluding carboxylic acids is 2. The maximum Gasteiger partial charge on any atom is 0.251 e. The van der Waals surface area contributed by atoms with Gasteiger partial charge < -0.3 is 20.7 Å². The number of benzene rings is 2. The molecule has 2 aromatic rings. The first kappa shape index (κ1) is 20.0. The van der Waals surface area contributed by atoms with Crippen molar-refractivity contribution in [3.05, 3.63) is 58.1 Å². The quantitative estimate of drug-likeness (QED) is 0.598. The molecule has 0 heterocycles. The van der Waals surface area contributed by atoms with Crippen LogP contribution < -0.4 is 16.0 Å². The third-order valence-electron chi connectivity index (χ3n) is 3.32. The van der Waals surface area contributed by atoms with Crippen LogP contribution in [0.2, 0.25) is 10.0 Å². The van der Waals surface area contributed by atoms with Crippen molar-refractivity contribution in [3.63, 3.8) is 0 Å². The molecule has 0 bridgehead atoms. The molecule has 6 nitrogen and oxygen atoms in total. The van der Waals surface area contributed by atoms with E-state index in [-0.39, 0.29) is 18.4 Å². The number of nitrogens with one attached hydrogen (secondary N) is 3. The minimum Gasteiger partial charge on any atom is -0.383 e. The zero-order valence-corrected chi connectivity index (χ0v) is 15.7. The fraction of sp³-hybridized carbons (Fsp3) is 0.222. The van der Waals surface area contributed by atoms with Gasteiger partial charge in [-0.3, -0.25) is 9.59 Å². The summed E-state index contributed by atoms with van der Waals surface area (Å²) in [5, 5.41) is 9.29. The summed E-state index contributed by atoms with van der Waals surface area (Å²) in [6.45, 7) is 0.897. The van der Waals surface area contributed by atoms with E-state index in [1.165, 1.54) is 0 Å². The van der Waals surface area contributed by atoms with Gasteiger partial charge in [-0.1, -0.05) is 29.3 Å². The number of hydrogen-bond donors (Lipinski definition) is 3. The molecule has 26 heavy (non-hydrogen) atoms. The Balaban J connectivity index is 1.89. The lowest BCUT2D eigenvalue weighted by molar-refractivity contribution is -0.114. The summed E-state index contributed by atoms with van der Waals surface area (Å²) in [5.41, 5.74) is 1.66. The molecule has 0 saturated heterocycles. The lowest BCUT2D eigenvalue weighted by atomic mass is 10.2. The molecule has 0 fully saturated rings.